The molecule has 0 spiro atoms. The number of ether oxygens (including phenoxy) is 1. The second-order valence-electron chi connectivity index (χ2n) is 7.30. The summed E-state index contributed by atoms with van der Waals surface area (Å²) < 4.78 is 20.7. The zero-order valence-corrected chi connectivity index (χ0v) is 17.5. The Morgan fingerprint density at radius 3 is 2.77 bits per heavy atom. The minimum absolute atomic E-state index is 0.185. The third-order valence-corrected chi connectivity index (χ3v) is 5.63. The Morgan fingerprint density at radius 2 is 2.03 bits per heavy atom. The van der Waals surface area contributed by atoms with Crippen LogP contribution in [0.1, 0.15) is 22.5 Å². The highest BCUT2D eigenvalue weighted by atomic mass is 35.5. The van der Waals surface area contributed by atoms with E-state index in [0.717, 1.165) is 22.5 Å². The molecule has 0 unspecified atom stereocenters. The molecule has 0 radical (unpaired) electrons. The van der Waals surface area contributed by atoms with E-state index in [2.05, 4.69) is 10.4 Å². The Morgan fingerprint density at radius 1 is 1.27 bits per heavy atom. The lowest BCUT2D eigenvalue weighted by atomic mass is 10.1. The molecule has 1 aliphatic rings. The molecule has 156 valence electrons. The van der Waals surface area contributed by atoms with Crippen LogP contribution in [0.4, 0.5) is 14.9 Å². The standard InChI is InChI=1S/C22H22ClFN4O2/c1-14-3-6-16(11-19(14)23)25-22(29)28-10-9-21-18(12-28)20(26-27(21)2)13-30-17-7-4-15(24)5-8-17/h3-8,11H,9-10,12-13H2,1-2H3,(H,25,29). The molecular weight excluding hydrogens is 407 g/mol. The van der Waals surface area contributed by atoms with Gasteiger partial charge in [-0.1, -0.05) is 17.7 Å². The van der Waals surface area contributed by atoms with Gasteiger partial charge in [0.1, 0.15) is 23.9 Å². The van der Waals surface area contributed by atoms with Crippen molar-refractivity contribution in [3.05, 3.63) is 75.8 Å². The number of anilines is 1. The Balaban J connectivity index is 1.46. The summed E-state index contributed by atoms with van der Waals surface area (Å²) in [4.78, 5) is 14.5. The van der Waals surface area contributed by atoms with Gasteiger partial charge in [0.15, 0.2) is 0 Å². The van der Waals surface area contributed by atoms with E-state index in [1.165, 1.54) is 12.1 Å². The molecule has 2 amide bonds. The first-order chi connectivity index (χ1) is 14.4. The quantitative estimate of drug-likeness (QED) is 0.655. The number of aromatic nitrogens is 2. The molecule has 2 heterocycles. The maximum absolute atomic E-state index is 13.1. The SMILES string of the molecule is Cc1ccc(NC(=O)N2CCc3c(c(COc4ccc(F)cc4)nn3C)C2)cc1Cl. The van der Waals surface area contributed by atoms with Crippen LogP contribution in [0.25, 0.3) is 0 Å². The number of amides is 2. The number of carbonyl (C=O) groups is 1. The number of urea groups is 1. The Kier molecular flexibility index (Phi) is 5.63. The van der Waals surface area contributed by atoms with Crippen molar-refractivity contribution in [3.8, 4) is 5.75 Å². The van der Waals surface area contributed by atoms with Crippen molar-refractivity contribution in [3.63, 3.8) is 0 Å². The number of aryl methyl sites for hydroxylation is 2. The topological polar surface area (TPSA) is 59.4 Å². The van der Waals surface area contributed by atoms with E-state index >= 15 is 0 Å². The first-order valence-corrected chi connectivity index (χ1v) is 10.0. The lowest BCUT2D eigenvalue weighted by molar-refractivity contribution is 0.205. The van der Waals surface area contributed by atoms with Crippen LogP contribution in [-0.4, -0.2) is 27.3 Å². The summed E-state index contributed by atoms with van der Waals surface area (Å²) in [6.45, 7) is 3.20. The van der Waals surface area contributed by atoms with Crippen LogP contribution < -0.4 is 10.1 Å². The number of fused-ring (bicyclic) bond motifs is 1. The molecule has 0 aliphatic carbocycles. The van der Waals surface area contributed by atoms with Gasteiger partial charge in [-0.15, -0.1) is 0 Å². The van der Waals surface area contributed by atoms with Gasteiger partial charge in [-0.05, 0) is 48.9 Å². The highest BCUT2D eigenvalue weighted by molar-refractivity contribution is 6.31. The van der Waals surface area contributed by atoms with E-state index in [0.29, 0.717) is 36.0 Å². The number of nitrogens with one attached hydrogen (secondary N) is 1. The maximum Gasteiger partial charge on any atom is 0.322 e. The second-order valence-corrected chi connectivity index (χ2v) is 7.71. The molecule has 3 aromatic rings. The molecule has 6 nitrogen and oxygen atoms in total. The normalized spacial score (nSPS) is 13.1. The molecule has 8 heteroatoms. The first kappa shape index (κ1) is 20.2. The average molecular weight is 429 g/mol. The summed E-state index contributed by atoms with van der Waals surface area (Å²) in [6, 6.07) is 11.1. The third-order valence-electron chi connectivity index (χ3n) is 5.23. The Hall–Kier alpha value is -3.06. The lowest BCUT2D eigenvalue weighted by Gasteiger charge is -2.28. The summed E-state index contributed by atoms with van der Waals surface area (Å²) in [5.41, 5.74) is 4.47. The van der Waals surface area contributed by atoms with Crippen LogP contribution in [0.5, 0.6) is 5.75 Å². The summed E-state index contributed by atoms with van der Waals surface area (Å²) in [6.07, 6.45) is 0.706. The van der Waals surface area contributed by atoms with E-state index in [4.69, 9.17) is 16.3 Å². The van der Waals surface area contributed by atoms with Gasteiger partial charge in [0.2, 0.25) is 0 Å². The summed E-state index contributed by atoms with van der Waals surface area (Å²) >= 11 is 6.16. The van der Waals surface area contributed by atoms with Gasteiger partial charge in [0, 0.05) is 42.0 Å². The van der Waals surface area contributed by atoms with Crippen molar-refractivity contribution in [2.45, 2.75) is 26.5 Å². The Labute approximate surface area is 179 Å². The first-order valence-electron chi connectivity index (χ1n) is 9.65. The van der Waals surface area contributed by atoms with Crippen LogP contribution in [0.3, 0.4) is 0 Å². The van der Waals surface area contributed by atoms with Crippen molar-refractivity contribution >= 4 is 23.3 Å². The molecular formula is C22H22ClFN4O2. The average Bonchev–Trinajstić information content (AvgIpc) is 3.05. The number of rotatable bonds is 4. The van der Waals surface area contributed by atoms with E-state index < -0.39 is 0 Å². The zero-order valence-electron chi connectivity index (χ0n) is 16.8. The van der Waals surface area contributed by atoms with Crippen LogP contribution in [0.2, 0.25) is 5.02 Å². The smallest absolute Gasteiger partial charge is 0.322 e. The number of nitrogens with zero attached hydrogens (tertiary/aromatic N) is 3. The minimum Gasteiger partial charge on any atom is -0.487 e. The fourth-order valence-corrected chi connectivity index (χ4v) is 3.70. The van der Waals surface area contributed by atoms with Crippen molar-refractivity contribution in [2.24, 2.45) is 7.05 Å². The summed E-state index contributed by atoms with van der Waals surface area (Å²) in [5.74, 6) is 0.256. The van der Waals surface area contributed by atoms with Gasteiger partial charge < -0.3 is 15.0 Å². The molecule has 0 fully saturated rings. The predicted molar refractivity (Wildman–Crippen MR) is 113 cm³/mol. The predicted octanol–water partition coefficient (Wildman–Crippen LogP) is 4.69. The summed E-state index contributed by atoms with van der Waals surface area (Å²) in [7, 11) is 1.89. The molecule has 0 bridgehead atoms. The molecule has 0 saturated carbocycles. The molecule has 1 N–H and O–H groups in total. The van der Waals surface area contributed by atoms with Gasteiger partial charge in [-0.2, -0.15) is 5.10 Å². The maximum atomic E-state index is 13.1. The molecule has 0 atom stereocenters. The second kappa shape index (κ2) is 8.36. The van der Waals surface area contributed by atoms with Gasteiger partial charge in [-0.25, -0.2) is 9.18 Å². The lowest BCUT2D eigenvalue weighted by Crippen LogP contribution is -2.39. The monoisotopic (exact) mass is 428 g/mol. The van der Waals surface area contributed by atoms with Gasteiger partial charge >= 0.3 is 6.03 Å². The number of hydrogen-bond donors (Lipinski definition) is 1. The van der Waals surface area contributed by atoms with E-state index in [1.807, 2.05) is 30.8 Å². The van der Waals surface area contributed by atoms with Gasteiger partial charge in [0.05, 0.1) is 6.54 Å². The van der Waals surface area contributed by atoms with Gasteiger partial charge in [0.25, 0.3) is 0 Å². The molecule has 0 saturated heterocycles. The van der Waals surface area contributed by atoms with Crippen molar-refractivity contribution in [2.75, 3.05) is 11.9 Å². The van der Waals surface area contributed by atoms with Crippen LogP contribution >= 0.6 is 11.6 Å². The van der Waals surface area contributed by atoms with E-state index in [9.17, 15) is 9.18 Å². The molecule has 30 heavy (non-hydrogen) atoms. The van der Waals surface area contributed by atoms with Crippen molar-refractivity contribution in [1.82, 2.24) is 14.7 Å². The highest BCUT2D eigenvalue weighted by Gasteiger charge is 2.27. The third kappa shape index (κ3) is 4.26. The van der Waals surface area contributed by atoms with Crippen molar-refractivity contribution in [1.29, 1.82) is 0 Å². The summed E-state index contributed by atoms with van der Waals surface area (Å²) in [5, 5.41) is 8.09. The molecule has 1 aliphatic heterocycles. The fraction of sp³-hybridized carbons (Fsp3) is 0.273. The number of carbonyl (C=O) groups excluding carboxylic acids is 1. The van der Waals surface area contributed by atoms with Crippen LogP contribution in [-0.2, 0) is 26.6 Å². The molecule has 2 aromatic carbocycles. The largest absolute Gasteiger partial charge is 0.487 e. The van der Waals surface area contributed by atoms with Crippen LogP contribution in [0, 0.1) is 12.7 Å². The van der Waals surface area contributed by atoms with E-state index in [-0.39, 0.29) is 18.5 Å². The van der Waals surface area contributed by atoms with E-state index in [1.54, 1.807) is 23.1 Å². The van der Waals surface area contributed by atoms with Crippen LogP contribution in [0.15, 0.2) is 42.5 Å². The number of hydrogen-bond acceptors (Lipinski definition) is 3. The zero-order chi connectivity index (χ0) is 21.3. The Bertz CT molecular complexity index is 1080. The van der Waals surface area contributed by atoms with Gasteiger partial charge in [-0.3, -0.25) is 4.68 Å². The number of halogens is 2. The fourth-order valence-electron chi connectivity index (χ4n) is 3.51. The number of benzene rings is 2. The van der Waals surface area contributed by atoms with Crippen molar-refractivity contribution < 1.29 is 13.9 Å². The minimum atomic E-state index is -0.311. The molecule has 1 aromatic heterocycles. The highest BCUT2D eigenvalue weighted by Crippen LogP contribution is 2.25. The molecule has 4 rings (SSSR count).